The van der Waals surface area contributed by atoms with Gasteiger partial charge in [0.25, 0.3) is 0 Å². The van der Waals surface area contributed by atoms with Gasteiger partial charge in [0.05, 0.1) is 19.1 Å². The first-order valence-corrected chi connectivity index (χ1v) is 8.24. The van der Waals surface area contributed by atoms with E-state index in [1.54, 1.807) is 23.1 Å². The highest BCUT2D eigenvalue weighted by molar-refractivity contribution is 7.98. The molecule has 0 bridgehead atoms. The van der Waals surface area contributed by atoms with E-state index >= 15 is 0 Å². The van der Waals surface area contributed by atoms with Crippen LogP contribution in [0.5, 0.6) is 0 Å². The fourth-order valence-electron chi connectivity index (χ4n) is 1.64. The zero-order valence-corrected chi connectivity index (χ0v) is 13.2. The van der Waals surface area contributed by atoms with Gasteiger partial charge < -0.3 is 15.2 Å². The van der Waals surface area contributed by atoms with Crippen molar-refractivity contribution in [1.29, 1.82) is 0 Å². The number of hydrogen-bond donors (Lipinski definition) is 2. The summed E-state index contributed by atoms with van der Waals surface area (Å²) in [7, 11) is 1.40. The van der Waals surface area contributed by atoms with Crippen LogP contribution in [0.15, 0.2) is 12.1 Å². The average molecular weight is 303 g/mol. The number of hydrogen-bond acceptors (Lipinski definition) is 6. The molecule has 1 aromatic rings. The van der Waals surface area contributed by atoms with Crippen molar-refractivity contribution >= 4 is 29.1 Å². The molecule has 0 aromatic carbocycles. The molecule has 19 heavy (non-hydrogen) atoms. The van der Waals surface area contributed by atoms with E-state index in [-0.39, 0.29) is 5.97 Å². The number of carbonyl (C=O) groups is 1. The molecule has 0 fully saturated rings. The van der Waals surface area contributed by atoms with Crippen LogP contribution in [0.3, 0.4) is 0 Å². The molecule has 0 saturated carbocycles. The van der Waals surface area contributed by atoms with Crippen molar-refractivity contribution in [2.75, 3.05) is 25.7 Å². The van der Waals surface area contributed by atoms with Crippen molar-refractivity contribution in [2.24, 2.45) is 0 Å². The van der Waals surface area contributed by atoms with Gasteiger partial charge in [-0.3, -0.25) is 4.79 Å². The van der Waals surface area contributed by atoms with E-state index in [0.29, 0.717) is 25.3 Å². The third kappa shape index (κ3) is 6.42. The van der Waals surface area contributed by atoms with Gasteiger partial charge in [0.1, 0.15) is 0 Å². The van der Waals surface area contributed by atoms with Crippen LogP contribution in [0, 0.1) is 0 Å². The van der Waals surface area contributed by atoms with Crippen LogP contribution in [-0.4, -0.2) is 42.3 Å². The number of ether oxygens (including phenoxy) is 1. The number of thiophene rings is 1. The van der Waals surface area contributed by atoms with Crippen LogP contribution < -0.4 is 5.32 Å². The number of nitrogens with one attached hydrogen (secondary N) is 1. The van der Waals surface area contributed by atoms with E-state index in [1.165, 1.54) is 7.11 Å². The third-order valence-corrected chi connectivity index (χ3v) is 4.52. The summed E-state index contributed by atoms with van der Waals surface area (Å²) in [5.41, 5.74) is -0.689. The lowest BCUT2D eigenvalue weighted by Crippen LogP contribution is -2.39. The molecule has 0 aliphatic heterocycles. The lowest BCUT2D eigenvalue weighted by atomic mass is 10.1. The second kappa shape index (κ2) is 7.89. The fraction of sp³-hybridized carbons (Fsp3) is 0.615. The molecule has 108 valence electrons. The maximum absolute atomic E-state index is 11.1. The summed E-state index contributed by atoms with van der Waals surface area (Å²) >= 11 is 3.22. The molecule has 0 aliphatic carbocycles. The van der Waals surface area contributed by atoms with Gasteiger partial charge in [-0.25, -0.2) is 0 Å². The first-order valence-electron chi connectivity index (χ1n) is 6.03. The Hall–Kier alpha value is -0.560. The average Bonchev–Trinajstić information content (AvgIpc) is 2.76. The van der Waals surface area contributed by atoms with Crippen molar-refractivity contribution in [3.05, 3.63) is 21.9 Å². The van der Waals surface area contributed by atoms with Gasteiger partial charge in [-0.15, -0.1) is 11.3 Å². The van der Waals surface area contributed by atoms with E-state index in [0.717, 1.165) is 9.75 Å². The summed E-state index contributed by atoms with van der Waals surface area (Å²) in [5.74, 6) is 0.488. The molecule has 1 unspecified atom stereocenters. The van der Waals surface area contributed by atoms with Crippen molar-refractivity contribution < 1.29 is 14.6 Å². The summed E-state index contributed by atoms with van der Waals surface area (Å²) < 4.78 is 4.63. The normalized spacial score (nSPS) is 14.1. The lowest BCUT2D eigenvalue weighted by molar-refractivity contribution is -0.139. The molecule has 6 heteroatoms. The van der Waals surface area contributed by atoms with E-state index in [1.807, 2.05) is 25.3 Å². The van der Waals surface area contributed by atoms with E-state index < -0.39 is 5.60 Å². The standard InChI is InChI=1S/C13H21NO3S2/c1-13(16,9-18-3)8-14-7-11-5-4-10(19-11)6-12(15)17-2/h4-5,14,16H,6-9H2,1-3H3. The monoisotopic (exact) mass is 303 g/mol. The van der Waals surface area contributed by atoms with Crippen LogP contribution in [0.25, 0.3) is 0 Å². The van der Waals surface area contributed by atoms with Crippen molar-refractivity contribution in [3.8, 4) is 0 Å². The Morgan fingerprint density at radius 3 is 2.84 bits per heavy atom. The lowest BCUT2D eigenvalue weighted by Gasteiger charge is -2.22. The number of esters is 1. The fourth-order valence-corrected chi connectivity index (χ4v) is 3.34. The topological polar surface area (TPSA) is 58.6 Å². The molecule has 0 radical (unpaired) electrons. The largest absolute Gasteiger partial charge is 0.469 e. The van der Waals surface area contributed by atoms with Gasteiger partial charge in [0, 0.05) is 28.6 Å². The first-order chi connectivity index (χ1) is 8.96. The van der Waals surface area contributed by atoms with E-state index in [2.05, 4.69) is 10.1 Å². The highest BCUT2D eigenvalue weighted by atomic mass is 32.2. The Bertz CT molecular complexity index is 404. The summed E-state index contributed by atoms with van der Waals surface area (Å²) in [6.45, 7) is 3.09. The van der Waals surface area contributed by atoms with Crippen LogP contribution in [-0.2, 0) is 22.5 Å². The van der Waals surface area contributed by atoms with Crippen LogP contribution in [0.1, 0.15) is 16.7 Å². The Balaban J connectivity index is 2.36. The molecule has 2 N–H and O–H groups in total. The van der Waals surface area contributed by atoms with Crippen LogP contribution in [0.4, 0.5) is 0 Å². The van der Waals surface area contributed by atoms with E-state index in [4.69, 9.17) is 0 Å². The Labute approximate surface area is 122 Å². The van der Waals surface area contributed by atoms with E-state index in [9.17, 15) is 9.90 Å². The number of aliphatic hydroxyl groups is 1. The van der Waals surface area contributed by atoms with Crippen molar-refractivity contribution in [2.45, 2.75) is 25.5 Å². The van der Waals surface area contributed by atoms with Crippen LogP contribution >= 0.6 is 23.1 Å². The Kier molecular flexibility index (Phi) is 6.85. The molecule has 4 nitrogen and oxygen atoms in total. The second-order valence-electron chi connectivity index (χ2n) is 4.65. The van der Waals surface area contributed by atoms with Gasteiger partial charge in [-0.05, 0) is 25.3 Å². The van der Waals surface area contributed by atoms with Gasteiger partial charge in [-0.1, -0.05) is 0 Å². The SMILES string of the molecule is COC(=O)Cc1ccc(CNCC(C)(O)CSC)s1. The number of methoxy groups -OCH3 is 1. The first kappa shape index (κ1) is 16.5. The molecular formula is C13H21NO3S2. The number of carbonyl (C=O) groups excluding carboxylic acids is 1. The van der Waals surface area contributed by atoms with Gasteiger partial charge >= 0.3 is 5.97 Å². The predicted octanol–water partition coefficient (Wildman–Crippen LogP) is 1.67. The maximum Gasteiger partial charge on any atom is 0.310 e. The molecule has 1 atom stereocenters. The highest BCUT2D eigenvalue weighted by Gasteiger charge is 2.18. The molecule has 1 aromatic heterocycles. The third-order valence-electron chi connectivity index (χ3n) is 2.52. The maximum atomic E-state index is 11.1. The summed E-state index contributed by atoms with van der Waals surface area (Å²) in [5, 5.41) is 13.2. The summed E-state index contributed by atoms with van der Waals surface area (Å²) in [6.07, 6.45) is 2.30. The quantitative estimate of drug-likeness (QED) is 0.715. The van der Waals surface area contributed by atoms with Gasteiger partial charge in [-0.2, -0.15) is 11.8 Å². The molecule has 1 rings (SSSR count). The zero-order chi connectivity index (χ0) is 14.3. The number of rotatable bonds is 8. The number of thioether (sulfide) groups is 1. The smallest absolute Gasteiger partial charge is 0.310 e. The molecule has 0 amide bonds. The molecular weight excluding hydrogens is 282 g/mol. The molecule has 0 aliphatic rings. The Morgan fingerprint density at radius 2 is 2.21 bits per heavy atom. The molecule has 1 heterocycles. The minimum absolute atomic E-state index is 0.218. The zero-order valence-electron chi connectivity index (χ0n) is 11.6. The van der Waals surface area contributed by atoms with Crippen molar-refractivity contribution in [3.63, 3.8) is 0 Å². The van der Waals surface area contributed by atoms with Gasteiger partial charge in [0.15, 0.2) is 0 Å². The predicted molar refractivity (Wildman–Crippen MR) is 80.8 cm³/mol. The summed E-state index contributed by atoms with van der Waals surface area (Å²) in [4.78, 5) is 13.3. The van der Waals surface area contributed by atoms with Crippen LogP contribution in [0.2, 0.25) is 0 Å². The minimum Gasteiger partial charge on any atom is -0.469 e. The Morgan fingerprint density at radius 1 is 1.53 bits per heavy atom. The minimum atomic E-state index is -0.689. The second-order valence-corrected chi connectivity index (χ2v) is 6.77. The molecule has 0 spiro atoms. The highest BCUT2D eigenvalue weighted by Crippen LogP contribution is 2.17. The van der Waals surface area contributed by atoms with Gasteiger partial charge in [0.2, 0.25) is 0 Å². The van der Waals surface area contributed by atoms with Crippen molar-refractivity contribution in [1.82, 2.24) is 5.32 Å². The summed E-state index contributed by atoms with van der Waals surface area (Å²) in [6, 6.07) is 3.94. The molecule has 0 saturated heterocycles.